The van der Waals surface area contributed by atoms with Gasteiger partial charge in [0.15, 0.2) is 0 Å². The molecule has 3 rings (SSSR count). The summed E-state index contributed by atoms with van der Waals surface area (Å²) in [5.74, 6) is 1.42. The first kappa shape index (κ1) is 12.8. The minimum atomic E-state index is 0.521. The summed E-state index contributed by atoms with van der Waals surface area (Å²) in [7, 11) is 0. The average molecular weight is 269 g/mol. The van der Waals surface area contributed by atoms with Gasteiger partial charge < -0.3 is 15.4 Å². The lowest BCUT2D eigenvalue weighted by Crippen LogP contribution is -2.25. The molecule has 4 heteroatoms. The van der Waals surface area contributed by atoms with Crippen molar-refractivity contribution in [3.8, 4) is 5.88 Å². The minimum absolute atomic E-state index is 0.521. The number of para-hydroxylation sites is 1. The topological polar surface area (TPSA) is 51.4 Å². The van der Waals surface area contributed by atoms with Gasteiger partial charge in [0.25, 0.3) is 0 Å². The summed E-state index contributed by atoms with van der Waals surface area (Å²) >= 11 is 0. The Hall–Kier alpha value is -2.23. The molecule has 0 fully saturated rings. The molecule has 0 amide bonds. The van der Waals surface area contributed by atoms with E-state index in [1.807, 2.05) is 19.1 Å². The van der Waals surface area contributed by atoms with Gasteiger partial charge in [0.05, 0.1) is 12.3 Å². The first-order valence-corrected chi connectivity index (χ1v) is 7.04. The zero-order valence-electron chi connectivity index (χ0n) is 11.7. The molecule has 2 N–H and O–H groups in total. The number of aromatic nitrogens is 1. The summed E-state index contributed by atoms with van der Waals surface area (Å²) in [5, 5.41) is 0. The van der Waals surface area contributed by atoms with Crippen molar-refractivity contribution in [3.05, 3.63) is 42.0 Å². The van der Waals surface area contributed by atoms with E-state index in [4.69, 9.17) is 10.5 Å². The van der Waals surface area contributed by atoms with Gasteiger partial charge in [-0.2, -0.15) is 4.98 Å². The van der Waals surface area contributed by atoms with Crippen molar-refractivity contribution in [2.75, 3.05) is 23.8 Å². The molecule has 0 spiro atoms. The summed E-state index contributed by atoms with van der Waals surface area (Å²) in [4.78, 5) is 6.80. The van der Waals surface area contributed by atoms with Crippen LogP contribution in [0.2, 0.25) is 0 Å². The van der Waals surface area contributed by atoms with Crippen LogP contribution in [-0.4, -0.2) is 18.1 Å². The van der Waals surface area contributed by atoms with Crippen molar-refractivity contribution >= 4 is 17.2 Å². The van der Waals surface area contributed by atoms with Gasteiger partial charge in [-0.3, -0.25) is 0 Å². The van der Waals surface area contributed by atoms with E-state index in [1.165, 1.54) is 11.3 Å². The van der Waals surface area contributed by atoms with E-state index in [9.17, 15) is 0 Å². The second kappa shape index (κ2) is 5.41. The largest absolute Gasteiger partial charge is 0.476 e. The van der Waals surface area contributed by atoms with E-state index in [0.29, 0.717) is 18.2 Å². The van der Waals surface area contributed by atoms with Gasteiger partial charge in [-0.25, -0.2) is 0 Å². The van der Waals surface area contributed by atoms with Crippen LogP contribution in [0, 0.1) is 0 Å². The Morgan fingerprint density at radius 2 is 2.10 bits per heavy atom. The molecular formula is C16H19N3O. The van der Waals surface area contributed by atoms with E-state index in [2.05, 4.69) is 34.1 Å². The number of aryl methyl sites for hydroxylation is 1. The maximum absolute atomic E-state index is 5.89. The Morgan fingerprint density at radius 3 is 2.95 bits per heavy atom. The summed E-state index contributed by atoms with van der Waals surface area (Å²) < 4.78 is 5.49. The molecule has 1 aromatic heterocycles. The molecule has 2 aromatic rings. The van der Waals surface area contributed by atoms with Gasteiger partial charge in [0.2, 0.25) is 5.88 Å². The third kappa shape index (κ3) is 2.29. The molecule has 0 saturated heterocycles. The van der Waals surface area contributed by atoms with E-state index < -0.39 is 0 Å². The van der Waals surface area contributed by atoms with Crippen LogP contribution >= 0.6 is 0 Å². The number of rotatable bonds is 3. The first-order valence-electron chi connectivity index (χ1n) is 7.04. The molecule has 0 unspecified atom stereocenters. The Labute approximate surface area is 119 Å². The van der Waals surface area contributed by atoms with Crippen molar-refractivity contribution in [3.63, 3.8) is 0 Å². The lowest BCUT2D eigenvalue weighted by Gasteiger charge is -2.30. The molecule has 20 heavy (non-hydrogen) atoms. The van der Waals surface area contributed by atoms with Crippen LogP contribution in [0.4, 0.5) is 17.2 Å². The van der Waals surface area contributed by atoms with Crippen LogP contribution in [0.15, 0.2) is 36.4 Å². The van der Waals surface area contributed by atoms with Crippen molar-refractivity contribution in [2.45, 2.75) is 19.8 Å². The fourth-order valence-corrected chi connectivity index (χ4v) is 2.62. The molecule has 104 valence electrons. The second-order valence-corrected chi connectivity index (χ2v) is 4.88. The number of anilines is 3. The molecule has 1 aliphatic rings. The number of hydrogen-bond acceptors (Lipinski definition) is 4. The third-order valence-electron chi connectivity index (χ3n) is 3.54. The molecule has 1 aliphatic heterocycles. The molecule has 0 bridgehead atoms. The fraction of sp³-hybridized carbons (Fsp3) is 0.312. The zero-order chi connectivity index (χ0) is 13.9. The van der Waals surface area contributed by atoms with Crippen molar-refractivity contribution in [1.29, 1.82) is 0 Å². The molecule has 1 aromatic carbocycles. The normalized spacial score (nSPS) is 13.9. The molecule has 0 aliphatic carbocycles. The number of pyridine rings is 1. The van der Waals surface area contributed by atoms with Gasteiger partial charge in [0, 0.05) is 12.2 Å². The number of ether oxygens (including phenoxy) is 1. The predicted octanol–water partition coefficient (Wildman–Crippen LogP) is 3.15. The highest BCUT2D eigenvalue weighted by Crippen LogP contribution is 2.34. The van der Waals surface area contributed by atoms with Crippen LogP contribution in [-0.2, 0) is 6.42 Å². The van der Waals surface area contributed by atoms with E-state index in [-0.39, 0.29) is 0 Å². The van der Waals surface area contributed by atoms with Crippen molar-refractivity contribution < 1.29 is 4.74 Å². The number of nitrogens with zero attached hydrogens (tertiary/aromatic N) is 2. The van der Waals surface area contributed by atoms with E-state index in [1.54, 1.807) is 0 Å². The highest BCUT2D eigenvalue weighted by atomic mass is 16.5. The summed E-state index contributed by atoms with van der Waals surface area (Å²) in [5.41, 5.74) is 9.08. The molecule has 0 radical (unpaired) electrons. The van der Waals surface area contributed by atoms with E-state index in [0.717, 1.165) is 25.2 Å². The van der Waals surface area contributed by atoms with Crippen LogP contribution < -0.4 is 15.4 Å². The number of nitrogen functional groups attached to an aromatic ring is 1. The highest BCUT2D eigenvalue weighted by Gasteiger charge is 2.19. The van der Waals surface area contributed by atoms with Crippen molar-refractivity contribution in [2.24, 2.45) is 0 Å². The van der Waals surface area contributed by atoms with Crippen LogP contribution in [0.1, 0.15) is 18.9 Å². The second-order valence-electron chi connectivity index (χ2n) is 4.88. The van der Waals surface area contributed by atoms with Gasteiger partial charge >= 0.3 is 0 Å². The van der Waals surface area contributed by atoms with Crippen molar-refractivity contribution in [1.82, 2.24) is 4.98 Å². The lowest BCUT2D eigenvalue weighted by molar-refractivity contribution is 0.329. The maximum atomic E-state index is 5.89. The SMILES string of the molecule is CCOc1nc(N2CCCc3ccccc32)ccc1N. The molecular weight excluding hydrogens is 250 g/mol. The Morgan fingerprint density at radius 1 is 1.25 bits per heavy atom. The molecule has 0 atom stereocenters. The molecule has 4 nitrogen and oxygen atoms in total. The van der Waals surface area contributed by atoms with Gasteiger partial charge in [-0.05, 0) is 43.5 Å². The Bertz CT molecular complexity index is 612. The van der Waals surface area contributed by atoms with Crippen LogP contribution in [0.5, 0.6) is 5.88 Å². The summed E-state index contributed by atoms with van der Waals surface area (Å²) in [6.07, 6.45) is 2.26. The number of benzene rings is 1. The average Bonchev–Trinajstić information content (AvgIpc) is 2.49. The lowest BCUT2D eigenvalue weighted by atomic mass is 10.0. The predicted molar refractivity (Wildman–Crippen MR) is 81.6 cm³/mol. The Kier molecular flexibility index (Phi) is 3.46. The third-order valence-corrected chi connectivity index (χ3v) is 3.54. The standard InChI is InChI=1S/C16H19N3O/c1-2-20-16-13(17)9-10-15(18-16)19-11-5-7-12-6-3-4-8-14(12)19/h3-4,6,8-10H,2,5,7,11,17H2,1H3. The number of nitrogens with two attached hydrogens (primary N) is 1. The van der Waals surface area contributed by atoms with E-state index >= 15 is 0 Å². The monoisotopic (exact) mass is 269 g/mol. The zero-order valence-corrected chi connectivity index (χ0v) is 11.7. The maximum Gasteiger partial charge on any atom is 0.239 e. The fourth-order valence-electron chi connectivity index (χ4n) is 2.62. The summed E-state index contributed by atoms with van der Waals surface area (Å²) in [6, 6.07) is 12.3. The quantitative estimate of drug-likeness (QED) is 0.930. The summed E-state index contributed by atoms with van der Waals surface area (Å²) in [6.45, 7) is 3.47. The first-order chi connectivity index (χ1) is 9.79. The Balaban J connectivity index is 2.00. The van der Waals surface area contributed by atoms with Gasteiger partial charge in [-0.1, -0.05) is 18.2 Å². The van der Waals surface area contributed by atoms with Gasteiger partial charge in [0.1, 0.15) is 5.82 Å². The minimum Gasteiger partial charge on any atom is -0.476 e. The van der Waals surface area contributed by atoms with Crippen LogP contribution in [0.3, 0.4) is 0 Å². The van der Waals surface area contributed by atoms with Gasteiger partial charge in [-0.15, -0.1) is 0 Å². The molecule has 0 saturated carbocycles. The highest BCUT2D eigenvalue weighted by molar-refractivity contribution is 5.67. The number of fused-ring (bicyclic) bond motifs is 1. The smallest absolute Gasteiger partial charge is 0.239 e. The van der Waals surface area contributed by atoms with Crippen LogP contribution in [0.25, 0.3) is 0 Å². The molecule has 2 heterocycles. The number of hydrogen-bond donors (Lipinski definition) is 1.